The van der Waals surface area contributed by atoms with Crippen LogP contribution >= 0.6 is 0 Å². The first kappa shape index (κ1) is 24.7. The van der Waals surface area contributed by atoms with Crippen LogP contribution < -0.4 is 22.2 Å². The number of primary amides is 1. The molecule has 0 saturated heterocycles. The van der Waals surface area contributed by atoms with Gasteiger partial charge in [0.05, 0.1) is 28.7 Å². The molecule has 0 unspecified atom stereocenters. The highest BCUT2D eigenvalue weighted by Crippen LogP contribution is 2.37. The number of aryl methyl sites for hydroxylation is 1. The van der Waals surface area contributed by atoms with Crippen LogP contribution in [0.3, 0.4) is 0 Å². The van der Waals surface area contributed by atoms with Crippen molar-refractivity contribution in [2.24, 2.45) is 34.5 Å². The van der Waals surface area contributed by atoms with E-state index in [4.69, 9.17) is 11.5 Å². The highest BCUT2D eigenvalue weighted by molar-refractivity contribution is 6.67. The summed E-state index contributed by atoms with van der Waals surface area (Å²) in [5.74, 6) is -0.583. The molecule has 1 fully saturated rings. The van der Waals surface area contributed by atoms with E-state index in [0.29, 0.717) is 12.2 Å². The molecule has 1 aliphatic carbocycles. The molecule has 0 spiro atoms. The lowest BCUT2D eigenvalue weighted by Gasteiger charge is -2.31. The van der Waals surface area contributed by atoms with Crippen molar-refractivity contribution in [3.63, 3.8) is 0 Å². The van der Waals surface area contributed by atoms with Crippen LogP contribution in [0.25, 0.3) is 10.9 Å². The summed E-state index contributed by atoms with van der Waals surface area (Å²) >= 11 is 0. The lowest BCUT2D eigenvalue weighted by atomic mass is 9.91. The van der Waals surface area contributed by atoms with Crippen LogP contribution in [0.5, 0.6) is 0 Å². The zero-order valence-electron chi connectivity index (χ0n) is 19.6. The normalized spacial score (nSPS) is 26.3. The van der Waals surface area contributed by atoms with Crippen LogP contribution in [0, 0.1) is 5.92 Å². The fourth-order valence-electron chi connectivity index (χ4n) is 4.50. The van der Waals surface area contributed by atoms with E-state index in [1.165, 1.54) is 16.9 Å². The quantitative estimate of drug-likeness (QED) is 0.523. The number of nitrogens with one attached hydrogen (secondary N) is 2. The number of aliphatic imine (C=N–C) groups is 1. The molecule has 9 nitrogen and oxygen atoms in total. The Balaban J connectivity index is 1.70. The highest BCUT2D eigenvalue weighted by Gasteiger charge is 2.34. The molecular formula is C23H29F3N8O. The maximum atomic E-state index is 13.7. The fourth-order valence-corrected chi connectivity index (χ4v) is 4.50. The Hall–Kier alpha value is -3.41. The first-order valence-electron chi connectivity index (χ1n) is 11.5. The Morgan fingerprint density at radius 3 is 2.71 bits per heavy atom. The Kier molecular flexibility index (Phi) is 6.84. The molecule has 12 heteroatoms. The van der Waals surface area contributed by atoms with Gasteiger partial charge in [-0.2, -0.15) is 23.4 Å². The standard InChI is InChI=1S/C23H29F3N8O/c1-12-7-8-19(31-17-6-4-3-5-16(17)27)32-33-21(22(28)35)20(12)30-13-9-15(23(24,25)26)14-11-29-34(2)18(14)10-13/h8-12,16-17,31-32H,3-7,27H2,1-2H3,(H2,28,35)/b19-8+,30-20?,33-21?/t12-,16-,17+/m0/s1. The monoisotopic (exact) mass is 490 g/mol. The van der Waals surface area contributed by atoms with Crippen LogP contribution in [-0.2, 0) is 18.0 Å². The molecule has 35 heavy (non-hydrogen) atoms. The number of carbonyl (C=O) groups is 1. The van der Waals surface area contributed by atoms with Gasteiger partial charge < -0.3 is 16.8 Å². The van der Waals surface area contributed by atoms with Crippen molar-refractivity contribution in [3.05, 3.63) is 35.8 Å². The van der Waals surface area contributed by atoms with E-state index in [0.717, 1.165) is 31.7 Å². The predicted octanol–water partition coefficient (Wildman–Crippen LogP) is 2.84. The summed E-state index contributed by atoms with van der Waals surface area (Å²) in [6.07, 6.45) is 2.91. The molecule has 1 aromatic carbocycles. The minimum Gasteiger partial charge on any atom is -0.366 e. The second-order valence-corrected chi connectivity index (χ2v) is 9.08. The smallest absolute Gasteiger partial charge is 0.366 e. The number of amides is 1. The van der Waals surface area contributed by atoms with Gasteiger partial charge in [0.15, 0.2) is 5.71 Å². The summed E-state index contributed by atoms with van der Waals surface area (Å²) in [5.41, 5.74) is 14.2. The van der Waals surface area contributed by atoms with Crippen molar-refractivity contribution < 1.29 is 18.0 Å². The minimum atomic E-state index is -4.60. The number of hydrazone groups is 1. The number of rotatable bonds is 4. The van der Waals surface area contributed by atoms with Crippen LogP contribution in [-0.4, -0.2) is 39.2 Å². The fraction of sp³-hybridized carbons (Fsp3) is 0.478. The Morgan fingerprint density at radius 1 is 1.29 bits per heavy atom. The molecule has 3 atom stereocenters. The number of hydrogen-bond acceptors (Lipinski definition) is 7. The topological polar surface area (TPSA) is 136 Å². The maximum Gasteiger partial charge on any atom is 0.417 e. The zero-order valence-corrected chi connectivity index (χ0v) is 19.6. The van der Waals surface area contributed by atoms with Gasteiger partial charge in [0.25, 0.3) is 5.91 Å². The average Bonchev–Trinajstić information content (AvgIpc) is 3.16. The number of allylic oxidation sites excluding steroid dienone is 1. The number of nitrogens with zero attached hydrogens (tertiary/aromatic N) is 4. The predicted molar refractivity (Wildman–Crippen MR) is 128 cm³/mol. The molecular weight excluding hydrogens is 461 g/mol. The molecule has 2 aromatic rings. The van der Waals surface area contributed by atoms with E-state index >= 15 is 0 Å². The summed E-state index contributed by atoms with van der Waals surface area (Å²) in [4.78, 5) is 16.7. The Bertz CT molecular complexity index is 1210. The number of alkyl halides is 3. The third kappa shape index (κ3) is 5.31. The van der Waals surface area contributed by atoms with Crippen LogP contribution in [0.2, 0.25) is 0 Å². The second-order valence-electron chi connectivity index (χ2n) is 9.08. The van der Waals surface area contributed by atoms with Gasteiger partial charge in [-0.05, 0) is 37.5 Å². The molecule has 2 heterocycles. The van der Waals surface area contributed by atoms with Crippen molar-refractivity contribution in [1.82, 2.24) is 20.5 Å². The van der Waals surface area contributed by atoms with Gasteiger partial charge in [0.2, 0.25) is 0 Å². The summed E-state index contributed by atoms with van der Waals surface area (Å²) < 4.78 is 42.5. The number of nitrogens with two attached hydrogens (primary N) is 2. The lowest BCUT2D eigenvalue weighted by molar-refractivity contribution is -0.136. The van der Waals surface area contributed by atoms with E-state index in [1.54, 1.807) is 7.05 Å². The second kappa shape index (κ2) is 9.68. The molecule has 0 bridgehead atoms. The van der Waals surface area contributed by atoms with Crippen molar-refractivity contribution in [2.75, 3.05) is 0 Å². The maximum absolute atomic E-state index is 13.7. The molecule has 6 N–H and O–H groups in total. The van der Waals surface area contributed by atoms with Gasteiger partial charge in [-0.15, -0.1) is 0 Å². The minimum absolute atomic E-state index is 0.00998. The Labute approximate surface area is 200 Å². The number of aromatic nitrogens is 2. The van der Waals surface area contributed by atoms with Crippen LogP contribution in [0.4, 0.5) is 18.9 Å². The Morgan fingerprint density at radius 2 is 2.03 bits per heavy atom. The van der Waals surface area contributed by atoms with Gasteiger partial charge in [-0.3, -0.25) is 19.9 Å². The van der Waals surface area contributed by atoms with Gasteiger partial charge in [0, 0.05) is 30.4 Å². The van der Waals surface area contributed by atoms with Crippen molar-refractivity contribution in [1.29, 1.82) is 0 Å². The summed E-state index contributed by atoms with van der Waals surface area (Å²) in [6.45, 7) is 1.82. The molecule has 0 radical (unpaired) electrons. The zero-order chi connectivity index (χ0) is 25.3. The van der Waals surface area contributed by atoms with E-state index in [1.807, 2.05) is 13.0 Å². The van der Waals surface area contributed by atoms with E-state index < -0.39 is 17.6 Å². The molecule has 1 saturated carbocycles. The summed E-state index contributed by atoms with van der Waals surface area (Å²) in [7, 11) is 1.55. The third-order valence-corrected chi connectivity index (χ3v) is 6.47. The number of benzene rings is 1. The number of fused-ring (bicyclic) bond motifs is 1. The van der Waals surface area contributed by atoms with E-state index in [-0.39, 0.29) is 46.0 Å². The molecule has 188 valence electrons. The SMILES string of the molecule is C[C@H]1C/C=C(\N[C@@H]2CCCC[C@@H]2N)NN=C(C(N)=O)C1=Nc1cc(C(F)(F)F)c2cnn(C)c2c1. The van der Waals surface area contributed by atoms with Gasteiger partial charge >= 0.3 is 6.18 Å². The highest BCUT2D eigenvalue weighted by atomic mass is 19.4. The number of hydrogen-bond donors (Lipinski definition) is 4. The van der Waals surface area contributed by atoms with E-state index in [2.05, 4.69) is 25.9 Å². The van der Waals surface area contributed by atoms with Crippen LogP contribution in [0.15, 0.2) is 40.3 Å². The van der Waals surface area contributed by atoms with Crippen LogP contribution in [0.1, 0.15) is 44.6 Å². The number of carbonyl (C=O) groups excluding carboxylic acids is 1. The third-order valence-electron chi connectivity index (χ3n) is 6.47. The molecule has 2 aliphatic rings. The average molecular weight is 491 g/mol. The van der Waals surface area contributed by atoms with Gasteiger partial charge in [-0.25, -0.2) is 0 Å². The molecule has 1 aliphatic heterocycles. The summed E-state index contributed by atoms with van der Waals surface area (Å²) in [5, 5.41) is 11.4. The first-order valence-corrected chi connectivity index (χ1v) is 11.5. The van der Waals surface area contributed by atoms with Gasteiger partial charge in [0.1, 0.15) is 5.82 Å². The van der Waals surface area contributed by atoms with Crippen molar-refractivity contribution in [2.45, 2.75) is 57.3 Å². The van der Waals surface area contributed by atoms with E-state index in [9.17, 15) is 18.0 Å². The van der Waals surface area contributed by atoms with Crippen molar-refractivity contribution >= 4 is 33.9 Å². The lowest BCUT2D eigenvalue weighted by Crippen LogP contribution is -2.48. The molecule has 1 amide bonds. The first-order chi connectivity index (χ1) is 16.5. The summed E-state index contributed by atoms with van der Waals surface area (Å²) in [6, 6.07) is 2.52. The molecule has 4 rings (SSSR count). The molecule has 1 aromatic heterocycles. The number of halogens is 3. The largest absolute Gasteiger partial charge is 0.417 e. The van der Waals surface area contributed by atoms with Crippen molar-refractivity contribution in [3.8, 4) is 0 Å². The van der Waals surface area contributed by atoms with Gasteiger partial charge in [-0.1, -0.05) is 19.8 Å².